The molecule has 2 N–H and O–H groups in total. The summed E-state index contributed by atoms with van der Waals surface area (Å²) in [5.74, 6) is 5.18. The number of hydrogen-bond acceptors (Lipinski definition) is 2. The van der Waals surface area contributed by atoms with E-state index >= 15 is 0 Å². The Kier molecular flexibility index (Phi) is 2.99. The van der Waals surface area contributed by atoms with E-state index in [2.05, 4.69) is 49.6 Å². The van der Waals surface area contributed by atoms with Crippen molar-refractivity contribution in [2.24, 2.45) is 5.90 Å². The minimum Gasteiger partial charge on any atom is -0.340 e. The highest BCUT2D eigenvalue weighted by Gasteiger charge is 2.12. The van der Waals surface area contributed by atoms with Crippen LogP contribution in [0.3, 0.4) is 0 Å². The Hall–Kier alpha value is -1.32. The number of para-hydroxylation sites is 1. The van der Waals surface area contributed by atoms with E-state index in [0.717, 1.165) is 5.69 Å². The lowest BCUT2D eigenvalue weighted by molar-refractivity contribution is 0.118. The molecule has 0 aliphatic heterocycles. The third-order valence-corrected chi connectivity index (χ3v) is 2.89. The van der Waals surface area contributed by atoms with Crippen molar-refractivity contribution in [3.8, 4) is 0 Å². The fraction of sp³-hybridized carbons (Fsp3) is 0.385. The van der Waals surface area contributed by atoms with Gasteiger partial charge in [0.2, 0.25) is 0 Å². The average molecular weight is 218 g/mol. The van der Waals surface area contributed by atoms with E-state index in [1.54, 1.807) is 0 Å². The molecule has 2 aromatic rings. The van der Waals surface area contributed by atoms with Gasteiger partial charge in [-0.25, -0.2) is 5.90 Å². The van der Waals surface area contributed by atoms with Crippen LogP contribution in [-0.2, 0) is 11.4 Å². The summed E-state index contributed by atoms with van der Waals surface area (Å²) in [6, 6.07) is 8.89. The quantitative estimate of drug-likeness (QED) is 0.805. The fourth-order valence-corrected chi connectivity index (χ4v) is 2.31. The fourth-order valence-electron chi connectivity index (χ4n) is 2.31. The van der Waals surface area contributed by atoms with E-state index < -0.39 is 0 Å². The molecule has 1 aromatic heterocycles. The van der Waals surface area contributed by atoms with Crippen LogP contribution in [-0.4, -0.2) is 4.57 Å². The molecule has 3 nitrogen and oxygen atoms in total. The first-order valence-electron chi connectivity index (χ1n) is 5.56. The standard InChI is InChI=1S/C13H18N2O/c1-9(2)15-12(8-16-14)7-11-6-4-5-10(3)13(11)15/h4-7,9H,8,14H2,1-3H3. The van der Waals surface area contributed by atoms with E-state index in [1.807, 2.05) is 0 Å². The van der Waals surface area contributed by atoms with Gasteiger partial charge >= 0.3 is 0 Å². The zero-order valence-corrected chi connectivity index (χ0v) is 10.0. The smallest absolute Gasteiger partial charge is 0.108 e. The van der Waals surface area contributed by atoms with Crippen LogP contribution in [0.2, 0.25) is 0 Å². The van der Waals surface area contributed by atoms with Crippen LogP contribution in [0.15, 0.2) is 24.3 Å². The summed E-state index contributed by atoms with van der Waals surface area (Å²) in [6.07, 6.45) is 0. The van der Waals surface area contributed by atoms with Crippen molar-refractivity contribution in [3.05, 3.63) is 35.5 Å². The Morgan fingerprint density at radius 2 is 2.12 bits per heavy atom. The number of hydrogen-bond donors (Lipinski definition) is 1. The van der Waals surface area contributed by atoms with E-state index in [-0.39, 0.29) is 0 Å². The van der Waals surface area contributed by atoms with Crippen LogP contribution in [0.25, 0.3) is 10.9 Å². The van der Waals surface area contributed by atoms with Gasteiger partial charge in [-0.3, -0.25) is 4.84 Å². The monoisotopic (exact) mass is 218 g/mol. The SMILES string of the molecule is Cc1cccc2cc(CON)n(C(C)C)c12. The maximum atomic E-state index is 5.18. The lowest BCUT2D eigenvalue weighted by Crippen LogP contribution is -2.09. The second-order valence-corrected chi connectivity index (χ2v) is 4.42. The number of fused-ring (bicyclic) bond motifs is 1. The summed E-state index contributed by atoms with van der Waals surface area (Å²) in [6.45, 7) is 6.93. The molecule has 0 amide bonds. The number of benzene rings is 1. The highest BCUT2D eigenvalue weighted by Crippen LogP contribution is 2.27. The minimum atomic E-state index is 0.406. The molecule has 86 valence electrons. The predicted octanol–water partition coefficient (Wildman–Crippen LogP) is 2.92. The molecule has 0 atom stereocenters. The Morgan fingerprint density at radius 3 is 2.75 bits per heavy atom. The van der Waals surface area contributed by atoms with Crippen molar-refractivity contribution in [2.75, 3.05) is 0 Å². The largest absolute Gasteiger partial charge is 0.340 e. The van der Waals surface area contributed by atoms with E-state index in [9.17, 15) is 0 Å². The zero-order valence-electron chi connectivity index (χ0n) is 10.0. The van der Waals surface area contributed by atoms with Gasteiger partial charge in [0.1, 0.15) is 6.61 Å². The van der Waals surface area contributed by atoms with Crippen molar-refractivity contribution in [3.63, 3.8) is 0 Å². The van der Waals surface area contributed by atoms with Gasteiger partial charge in [-0.05, 0) is 32.4 Å². The van der Waals surface area contributed by atoms with Crippen LogP contribution >= 0.6 is 0 Å². The lowest BCUT2D eigenvalue weighted by atomic mass is 10.1. The Labute approximate surface area is 95.8 Å². The Balaban J connectivity index is 2.72. The molecular weight excluding hydrogens is 200 g/mol. The Bertz CT molecular complexity index is 500. The summed E-state index contributed by atoms with van der Waals surface area (Å²) < 4.78 is 2.29. The third-order valence-electron chi connectivity index (χ3n) is 2.89. The zero-order chi connectivity index (χ0) is 11.7. The number of nitrogens with two attached hydrogens (primary N) is 1. The summed E-state index contributed by atoms with van der Waals surface area (Å²) in [5.41, 5.74) is 3.70. The molecule has 0 saturated carbocycles. The summed E-state index contributed by atoms with van der Waals surface area (Å²) in [4.78, 5) is 4.77. The highest BCUT2D eigenvalue weighted by atomic mass is 16.6. The number of rotatable bonds is 3. The predicted molar refractivity (Wildman–Crippen MR) is 66.0 cm³/mol. The molecule has 0 unspecified atom stereocenters. The summed E-state index contributed by atoms with van der Waals surface area (Å²) in [5, 5.41) is 1.25. The lowest BCUT2D eigenvalue weighted by Gasteiger charge is -2.15. The summed E-state index contributed by atoms with van der Waals surface area (Å²) in [7, 11) is 0. The molecule has 0 bridgehead atoms. The second kappa shape index (κ2) is 4.28. The van der Waals surface area contributed by atoms with Gasteiger partial charge < -0.3 is 4.57 Å². The molecule has 2 rings (SSSR count). The molecule has 3 heteroatoms. The maximum absolute atomic E-state index is 5.18. The van der Waals surface area contributed by atoms with Crippen molar-refractivity contribution < 1.29 is 4.84 Å². The van der Waals surface area contributed by atoms with Gasteiger partial charge in [0.15, 0.2) is 0 Å². The van der Waals surface area contributed by atoms with Crippen molar-refractivity contribution >= 4 is 10.9 Å². The third kappa shape index (κ3) is 1.72. The molecule has 0 fully saturated rings. The van der Waals surface area contributed by atoms with Gasteiger partial charge in [-0.2, -0.15) is 0 Å². The highest BCUT2D eigenvalue weighted by molar-refractivity contribution is 5.84. The number of aromatic nitrogens is 1. The molecule has 16 heavy (non-hydrogen) atoms. The first-order valence-corrected chi connectivity index (χ1v) is 5.56. The first kappa shape index (κ1) is 11.2. The molecule has 1 heterocycles. The van der Waals surface area contributed by atoms with Crippen molar-refractivity contribution in [2.45, 2.75) is 33.4 Å². The second-order valence-electron chi connectivity index (χ2n) is 4.42. The summed E-state index contributed by atoms with van der Waals surface area (Å²) >= 11 is 0. The number of nitrogens with zero attached hydrogens (tertiary/aromatic N) is 1. The van der Waals surface area contributed by atoms with Crippen LogP contribution in [0.1, 0.15) is 31.1 Å². The van der Waals surface area contributed by atoms with Gasteiger partial charge in [0.05, 0.1) is 5.52 Å². The first-order chi connectivity index (χ1) is 7.65. The van der Waals surface area contributed by atoms with Gasteiger partial charge in [-0.1, -0.05) is 18.2 Å². The van der Waals surface area contributed by atoms with Crippen LogP contribution in [0.4, 0.5) is 0 Å². The van der Waals surface area contributed by atoms with Gasteiger partial charge in [0.25, 0.3) is 0 Å². The van der Waals surface area contributed by atoms with Gasteiger partial charge in [-0.15, -0.1) is 0 Å². The van der Waals surface area contributed by atoms with Crippen LogP contribution < -0.4 is 5.90 Å². The van der Waals surface area contributed by atoms with Crippen LogP contribution in [0.5, 0.6) is 0 Å². The van der Waals surface area contributed by atoms with Crippen LogP contribution in [0, 0.1) is 6.92 Å². The maximum Gasteiger partial charge on any atom is 0.108 e. The minimum absolute atomic E-state index is 0.406. The van der Waals surface area contributed by atoms with Crippen molar-refractivity contribution in [1.29, 1.82) is 0 Å². The molecule has 0 saturated heterocycles. The molecule has 1 aromatic carbocycles. The molecule has 0 aliphatic carbocycles. The van der Waals surface area contributed by atoms with E-state index in [0.29, 0.717) is 12.6 Å². The molecule has 0 spiro atoms. The topological polar surface area (TPSA) is 40.2 Å². The average Bonchev–Trinajstić information content (AvgIpc) is 2.58. The number of aryl methyl sites for hydroxylation is 1. The molecular formula is C13H18N2O. The normalized spacial score (nSPS) is 11.6. The Morgan fingerprint density at radius 1 is 1.38 bits per heavy atom. The molecule has 0 aliphatic rings. The van der Waals surface area contributed by atoms with Gasteiger partial charge in [0, 0.05) is 17.1 Å². The van der Waals surface area contributed by atoms with E-state index in [4.69, 9.17) is 10.7 Å². The molecule has 0 radical (unpaired) electrons. The van der Waals surface area contributed by atoms with Crippen molar-refractivity contribution in [1.82, 2.24) is 4.57 Å². The van der Waals surface area contributed by atoms with E-state index in [1.165, 1.54) is 16.5 Å².